The molecule has 0 radical (unpaired) electrons. The van der Waals surface area contributed by atoms with Crippen LogP contribution in [0.25, 0.3) is 0 Å². The number of aliphatic hydroxyl groups is 1. The Kier molecular flexibility index (Phi) is 1.86. The summed E-state index contributed by atoms with van der Waals surface area (Å²) >= 11 is 0. The van der Waals surface area contributed by atoms with Crippen molar-refractivity contribution in [3.8, 4) is 0 Å². The van der Waals surface area contributed by atoms with E-state index in [-0.39, 0.29) is 0 Å². The van der Waals surface area contributed by atoms with Crippen LogP contribution in [0, 0.1) is 5.92 Å². The van der Waals surface area contributed by atoms with E-state index in [4.69, 9.17) is 10.3 Å². The topological polar surface area (TPSA) is 72.3 Å². The molecule has 1 aliphatic carbocycles. The van der Waals surface area contributed by atoms with E-state index in [2.05, 4.69) is 5.16 Å². The maximum atomic E-state index is 9.60. The molecule has 66 valence electrons. The molecule has 0 amide bonds. The SMILES string of the molecule is NCC1Cc2oncc2C(O)C1. The van der Waals surface area contributed by atoms with Gasteiger partial charge in [0.2, 0.25) is 0 Å². The van der Waals surface area contributed by atoms with Gasteiger partial charge in [0.1, 0.15) is 5.76 Å². The summed E-state index contributed by atoms with van der Waals surface area (Å²) in [5.74, 6) is 1.13. The van der Waals surface area contributed by atoms with Crippen LogP contribution in [0.15, 0.2) is 10.7 Å². The largest absolute Gasteiger partial charge is 0.388 e. The molecule has 1 aromatic rings. The molecule has 1 heterocycles. The Hall–Kier alpha value is -0.870. The minimum Gasteiger partial charge on any atom is -0.388 e. The van der Waals surface area contributed by atoms with Crippen LogP contribution < -0.4 is 5.73 Å². The molecular formula is C8H12N2O2. The fourth-order valence-electron chi connectivity index (χ4n) is 1.67. The fraction of sp³-hybridized carbons (Fsp3) is 0.625. The second kappa shape index (κ2) is 2.88. The van der Waals surface area contributed by atoms with E-state index >= 15 is 0 Å². The highest BCUT2D eigenvalue weighted by molar-refractivity contribution is 5.20. The van der Waals surface area contributed by atoms with Gasteiger partial charge < -0.3 is 15.4 Å². The van der Waals surface area contributed by atoms with E-state index in [1.807, 2.05) is 0 Å². The molecule has 4 nitrogen and oxygen atoms in total. The number of hydrogen-bond acceptors (Lipinski definition) is 4. The number of aromatic nitrogens is 1. The van der Waals surface area contributed by atoms with Crippen LogP contribution in [0.4, 0.5) is 0 Å². The molecule has 0 spiro atoms. The quantitative estimate of drug-likeness (QED) is 0.629. The third-order valence-electron chi connectivity index (χ3n) is 2.40. The van der Waals surface area contributed by atoms with Crippen LogP contribution in [-0.4, -0.2) is 16.8 Å². The van der Waals surface area contributed by atoms with Gasteiger partial charge in [0, 0.05) is 12.0 Å². The summed E-state index contributed by atoms with van der Waals surface area (Å²) < 4.78 is 4.99. The first-order valence-electron chi connectivity index (χ1n) is 4.13. The number of fused-ring (bicyclic) bond motifs is 1. The summed E-state index contributed by atoms with van der Waals surface area (Å²) in [4.78, 5) is 0. The zero-order chi connectivity index (χ0) is 8.55. The lowest BCUT2D eigenvalue weighted by Crippen LogP contribution is -2.23. The van der Waals surface area contributed by atoms with E-state index in [1.165, 1.54) is 0 Å². The van der Waals surface area contributed by atoms with Gasteiger partial charge in [-0.2, -0.15) is 0 Å². The van der Waals surface area contributed by atoms with Gasteiger partial charge in [-0.3, -0.25) is 0 Å². The number of nitrogens with two attached hydrogens (primary N) is 1. The lowest BCUT2D eigenvalue weighted by molar-refractivity contribution is 0.127. The zero-order valence-electron chi connectivity index (χ0n) is 6.73. The minimum atomic E-state index is -0.437. The van der Waals surface area contributed by atoms with Crippen molar-refractivity contribution in [2.45, 2.75) is 18.9 Å². The predicted molar refractivity (Wildman–Crippen MR) is 42.3 cm³/mol. The molecule has 0 bridgehead atoms. The Morgan fingerprint density at radius 3 is 3.33 bits per heavy atom. The Bertz CT molecular complexity index is 272. The van der Waals surface area contributed by atoms with E-state index in [1.54, 1.807) is 6.20 Å². The molecule has 3 N–H and O–H groups in total. The highest BCUT2D eigenvalue weighted by Crippen LogP contribution is 2.32. The van der Waals surface area contributed by atoms with Crippen LogP contribution in [-0.2, 0) is 6.42 Å². The maximum absolute atomic E-state index is 9.60. The Balaban J connectivity index is 2.26. The standard InChI is InChI=1S/C8H12N2O2/c9-3-5-1-7(11)6-4-10-12-8(6)2-5/h4-5,7,11H,1-3,9H2. The average molecular weight is 168 g/mol. The summed E-state index contributed by atoms with van der Waals surface area (Å²) in [7, 11) is 0. The first-order chi connectivity index (χ1) is 5.81. The molecule has 2 rings (SSSR count). The van der Waals surface area contributed by atoms with Crippen molar-refractivity contribution in [1.29, 1.82) is 0 Å². The molecule has 1 aromatic heterocycles. The normalized spacial score (nSPS) is 28.5. The molecule has 2 atom stereocenters. The molecule has 0 saturated heterocycles. The van der Waals surface area contributed by atoms with Crippen molar-refractivity contribution in [3.05, 3.63) is 17.5 Å². The van der Waals surface area contributed by atoms with Crippen LogP contribution in [0.1, 0.15) is 23.8 Å². The van der Waals surface area contributed by atoms with Crippen LogP contribution >= 0.6 is 0 Å². The maximum Gasteiger partial charge on any atom is 0.142 e. The lowest BCUT2D eigenvalue weighted by Gasteiger charge is -2.22. The van der Waals surface area contributed by atoms with Gasteiger partial charge in [0.25, 0.3) is 0 Å². The summed E-state index contributed by atoms with van der Waals surface area (Å²) in [6.07, 6.45) is 2.69. The lowest BCUT2D eigenvalue weighted by atomic mass is 9.87. The zero-order valence-corrected chi connectivity index (χ0v) is 6.73. The Morgan fingerprint density at radius 1 is 1.75 bits per heavy atom. The number of rotatable bonds is 1. The number of nitrogens with zero attached hydrogens (tertiary/aromatic N) is 1. The second-order valence-electron chi connectivity index (χ2n) is 3.26. The second-order valence-corrected chi connectivity index (χ2v) is 3.26. The first kappa shape index (κ1) is 7.76. The van der Waals surface area contributed by atoms with Gasteiger partial charge in [0.15, 0.2) is 0 Å². The average Bonchev–Trinajstić information content (AvgIpc) is 2.52. The Labute approximate surface area is 70.3 Å². The molecule has 0 fully saturated rings. The van der Waals surface area contributed by atoms with Gasteiger partial charge in [-0.15, -0.1) is 0 Å². The summed E-state index contributed by atoms with van der Waals surface area (Å²) in [5, 5.41) is 13.2. The van der Waals surface area contributed by atoms with Crippen LogP contribution in [0.5, 0.6) is 0 Å². The van der Waals surface area contributed by atoms with Gasteiger partial charge in [0.05, 0.1) is 12.3 Å². The molecule has 0 aromatic carbocycles. The van der Waals surface area contributed by atoms with Crippen LogP contribution in [0.3, 0.4) is 0 Å². The summed E-state index contributed by atoms with van der Waals surface area (Å²) in [5.41, 5.74) is 6.35. The van der Waals surface area contributed by atoms with E-state index in [9.17, 15) is 5.11 Å². The van der Waals surface area contributed by atoms with Crippen molar-refractivity contribution >= 4 is 0 Å². The van der Waals surface area contributed by atoms with Crippen molar-refractivity contribution in [2.75, 3.05) is 6.54 Å². The highest BCUT2D eigenvalue weighted by Gasteiger charge is 2.27. The molecule has 4 heteroatoms. The number of hydrogen-bond donors (Lipinski definition) is 2. The van der Waals surface area contributed by atoms with Crippen molar-refractivity contribution in [1.82, 2.24) is 5.16 Å². The minimum absolute atomic E-state index is 0.334. The molecule has 0 aliphatic heterocycles. The molecule has 0 saturated carbocycles. The number of aliphatic hydroxyl groups excluding tert-OH is 1. The van der Waals surface area contributed by atoms with Crippen LogP contribution in [0.2, 0.25) is 0 Å². The monoisotopic (exact) mass is 168 g/mol. The van der Waals surface area contributed by atoms with E-state index < -0.39 is 6.10 Å². The van der Waals surface area contributed by atoms with E-state index in [0.29, 0.717) is 12.5 Å². The fourth-order valence-corrected chi connectivity index (χ4v) is 1.67. The van der Waals surface area contributed by atoms with Crippen molar-refractivity contribution < 1.29 is 9.63 Å². The van der Waals surface area contributed by atoms with Crippen molar-refractivity contribution in [2.24, 2.45) is 11.7 Å². The van der Waals surface area contributed by atoms with Gasteiger partial charge in [-0.05, 0) is 18.9 Å². The van der Waals surface area contributed by atoms with Gasteiger partial charge in [-0.1, -0.05) is 5.16 Å². The molecule has 1 aliphatic rings. The third kappa shape index (κ3) is 1.13. The first-order valence-corrected chi connectivity index (χ1v) is 4.13. The summed E-state index contributed by atoms with van der Waals surface area (Å²) in [6.45, 7) is 0.594. The van der Waals surface area contributed by atoms with E-state index in [0.717, 1.165) is 24.2 Å². The van der Waals surface area contributed by atoms with Gasteiger partial charge in [-0.25, -0.2) is 0 Å². The molecule has 12 heavy (non-hydrogen) atoms. The molecule has 2 unspecified atom stereocenters. The predicted octanol–water partition coefficient (Wildman–Crippen LogP) is 0.229. The summed E-state index contributed by atoms with van der Waals surface area (Å²) in [6, 6.07) is 0. The third-order valence-corrected chi connectivity index (χ3v) is 2.40. The Morgan fingerprint density at radius 2 is 2.58 bits per heavy atom. The highest BCUT2D eigenvalue weighted by atomic mass is 16.5. The smallest absolute Gasteiger partial charge is 0.142 e. The molecular weight excluding hydrogens is 156 g/mol. The van der Waals surface area contributed by atoms with Gasteiger partial charge >= 0.3 is 0 Å². The van der Waals surface area contributed by atoms with Crippen molar-refractivity contribution in [3.63, 3.8) is 0 Å².